The topological polar surface area (TPSA) is 97.5 Å². The van der Waals surface area contributed by atoms with Gasteiger partial charge >= 0.3 is 5.97 Å². The van der Waals surface area contributed by atoms with Gasteiger partial charge in [0.1, 0.15) is 6.61 Å². The van der Waals surface area contributed by atoms with Gasteiger partial charge in [0.15, 0.2) is 11.0 Å². The van der Waals surface area contributed by atoms with Crippen LogP contribution in [0.3, 0.4) is 0 Å². The summed E-state index contributed by atoms with van der Waals surface area (Å²) in [6, 6.07) is 0. The molecule has 1 heterocycles. The van der Waals surface area contributed by atoms with E-state index in [9.17, 15) is 9.90 Å². The molecule has 0 fully saturated rings. The first-order valence-corrected chi connectivity index (χ1v) is 7.04. The quantitative estimate of drug-likeness (QED) is 0.485. The largest absolute Gasteiger partial charge is 0.481 e. The molecule has 0 aliphatic carbocycles. The van der Waals surface area contributed by atoms with E-state index in [2.05, 4.69) is 10.2 Å². The Labute approximate surface area is 116 Å². The van der Waals surface area contributed by atoms with E-state index in [4.69, 9.17) is 9.84 Å². The molecule has 2 N–H and O–H groups in total. The Hall–Kier alpha value is -1.12. The van der Waals surface area contributed by atoms with Gasteiger partial charge in [0, 0.05) is 20.3 Å². The molecule has 0 radical (unpaired) electrons. The SMILES string of the molecule is COCCCCCn1c(CO)nnc1SCC(=O)O. The first kappa shape index (κ1) is 15.9. The van der Waals surface area contributed by atoms with Crippen LogP contribution in [0.2, 0.25) is 0 Å². The zero-order chi connectivity index (χ0) is 14.1. The molecule has 0 amide bonds. The van der Waals surface area contributed by atoms with E-state index >= 15 is 0 Å². The predicted molar refractivity (Wildman–Crippen MR) is 70.0 cm³/mol. The second-order valence-electron chi connectivity index (χ2n) is 3.94. The lowest BCUT2D eigenvalue weighted by molar-refractivity contribution is -0.133. The van der Waals surface area contributed by atoms with E-state index in [1.165, 1.54) is 0 Å². The summed E-state index contributed by atoms with van der Waals surface area (Å²) in [7, 11) is 1.67. The van der Waals surface area contributed by atoms with Crippen molar-refractivity contribution in [3.05, 3.63) is 5.82 Å². The molecule has 19 heavy (non-hydrogen) atoms. The summed E-state index contributed by atoms with van der Waals surface area (Å²) >= 11 is 1.11. The van der Waals surface area contributed by atoms with Gasteiger partial charge in [-0.2, -0.15) is 0 Å². The van der Waals surface area contributed by atoms with Crippen LogP contribution < -0.4 is 0 Å². The molecule has 0 aromatic carbocycles. The average Bonchev–Trinajstić information content (AvgIpc) is 2.78. The molecule has 0 aliphatic heterocycles. The van der Waals surface area contributed by atoms with Crippen molar-refractivity contribution in [2.45, 2.75) is 37.6 Å². The molecule has 1 aromatic heterocycles. The minimum atomic E-state index is -0.898. The molecular weight excluding hydrogens is 270 g/mol. The third-order valence-corrected chi connectivity index (χ3v) is 3.44. The number of aliphatic hydroxyl groups excluding tert-OH is 1. The van der Waals surface area contributed by atoms with Gasteiger partial charge in [-0.1, -0.05) is 11.8 Å². The van der Waals surface area contributed by atoms with E-state index in [0.717, 1.165) is 37.6 Å². The number of carbonyl (C=O) groups is 1. The summed E-state index contributed by atoms with van der Waals surface area (Å²) in [6.45, 7) is 1.21. The minimum Gasteiger partial charge on any atom is -0.481 e. The fraction of sp³-hybridized carbons (Fsp3) is 0.727. The molecule has 8 heteroatoms. The maximum absolute atomic E-state index is 10.6. The lowest BCUT2D eigenvalue weighted by atomic mass is 10.2. The van der Waals surface area contributed by atoms with Gasteiger partial charge < -0.3 is 19.5 Å². The fourth-order valence-corrected chi connectivity index (χ4v) is 2.29. The maximum atomic E-state index is 10.6. The fourth-order valence-electron chi connectivity index (χ4n) is 1.59. The van der Waals surface area contributed by atoms with E-state index in [1.54, 1.807) is 11.7 Å². The summed E-state index contributed by atoms with van der Waals surface area (Å²) in [4.78, 5) is 10.6. The highest BCUT2D eigenvalue weighted by Gasteiger charge is 2.12. The number of nitrogens with zero attached hydrogens (tertiary/aromatic N) is 3. The van der Waals surface area contributed by atoms with Gasteiger partial charge in [-0.25, -0.2) is 0 Å². The molecule has 1 rings (SSSR count). The first-order valence-electron chi connectivity index (χ1n) is 6.05. The van der Waals surface area contributed by atoms with Crippen molar-refractivity contribution in [3.8, 4) is 0 Å². The molecule has 0 spiro atoms. The molecule has 0 saturated heterocycles. The number of methoxy groups -OCH3 is 1. The Bertz CT molecular complexity index is 397. The van der Waals surface area contributed by atoms with Crippen LogP contribution in [0.1, 0.15) is 25.1 Å². The van der Waals surface area contributed by atoms with Crippen molar-refractivity contribution < 1.29 is 19.7 Å². The maximum Gasteiger partial charge on any atom is 0.313 e. The number of carboxylic acids is 1. The molecular formula is C11H19N3O4S. The highest BCUT2D eigenvalue weighted by Crippen LogP contribution is 2.18. The molecule has 0 bridgehead atoms. The highest BCUT2D eigenvalue weighted by atomic mass is 32.2. The summed E-state index contributed by atoms with van der Waals surface area (Å²) in [5, 5.41) is 26.1. The van der Waals surface area contributed by atoms with Crippen LogP contribution in [0, 0.1) is 0 Å². The van der Waals surface area contributed by atoms with Crippen LogP contribution in [0.4, 0.5) is 0 Å². The van der Waals surface area contributed by atoms with Crippen molar-refractivity contribution in [2.75, 3.05) is 19.5 Å². The number of ether oxygens (including phenoxy) is 1. The molecule has 0 atom stereocenters. The summed E-state index contributed by atoms with van der Waals surface area (Å²) in [5.41, 5.74) is 0. The van der Waals surface area contributed by atoms with E-state index in [1.807, 2.05) is 0 Å². The molecule has 108 valence electrons. The number of carboxylic acid groups (broad SMARTS) is 1. The second kappa shape index (κ2) is 8.89. The number of hydrogen-bond donors (Lipinski definition) is 2. The lowest BCUT2D eigenvalue weighted by Crippen LogP contribution is -2.07. The van der Waals surface area contributed by atoms with Gasteiger partial charge in [-0.3, -0.25) is 4.79 Å². The van der Waals surface area contributed by atoms with Crippen LogP contribution in [-0.2, 0) is 22.7 Å². The Morgan fingerprint density at radius 2 is 2.16 bits per heavy atom. The van der Waals surface area contributed by atoms with Crippen molar-refractivity contribution in [1.29, 1.82) is 0 Å². The minimum absolute atomic E-state index is 0.0623. The van der Waals surface area contributed by atoms with Crippen LogP contribution in [-0.4, -0.2) is 50.4 Å². The number of unbranched alkanes of at least 4 members (excludes halogenated alkanes) is 2. The number of rotatable bonds is 10. The van der Waals surface area contributed by atoms with Gasteiger partial charge in [0.25, 0.3) is 0 Å². The molecule has 0 aliphatic rings. The standard InChI is InChI=1S/C11H19N3O4S/c1-18-6-4-2-3-5-14-9(7-15)12-13-11(14)19-8-10(16)17/h15H,2-8H2,1H3,(H,16,17). The number of aliphatic carboxylic acids is 1. The van der Waals surface area contributed by atoms with Crippen LogP contribution in [0.25, 0.3) is 0 Å². The van der Waals surface area contributed by atoms with Gasteiger partial charge in [0.2, 0.25) is 0 Å². The number of thioether (sulfide) groups is 1. The van der Waals surface area contributed by atoms with Crippen LogP contribution in [0.15, 0.2) is 5.16 Å². The third kappa shape index (κ3) is 5.58. The third-order valence-electron chi connectivity index (χ3n) is 2.49. The van der Waals surface area contributed by atoms with Crippen molar-refractivity contribution >= 4 is 17.7 Å². The number of aromatic nitrogens is 3. The monoisotopic (exact) mass is 289 g/mol. The van der Waals surface area contributed by atoms with Gasteiger partial charge in [-0.15, -0.1) is 10.2 Å². The van der Waals surface area contributed by atoms with Crippen molar-refractivity contribution in [3.63, 3.8) is 0 Å². The molecule has 1 aromatic rings. The zero-order valence-corrected chi connectivity index (χ0v) is 11.7. The van der Waals surface area contributed by atoms with Crippen molar-refractivity contribution in [2.24, 2.45) is 0 Å². The number of hydrogen-bond acceptors (Lipinski definition) is 6. The second-order valence-corrected chi connectivity index (χ2v) is 4.89. The van der Waals surface area contributed by atoms with Crippen LogP contribution in [0.5, 0.6) is 0 Å². The van der Waals surface area contributed by atoms with E-state index in [-0.39, 0.29) is 12.4 Å². The Morgan fingerprint density at radius 3 is 2.79 bits per heavy atom. The molecule has 0 unspecified atom stereocenters. The normalized spacial score (nSPS) is 10.8. The predicted octanol–water partition coefficient (Wildman–Crippen LogP) is 0.764. The van der Waals surface area contributed by atoms with Gasteiger partial charge in [0.05, 0.1) is 5.75 Å². The van der Waals surface area contributed by atoms with Crippen LogP contribution >= 0.6 is 11.8 Å². The highest BCUT2D eigenvalue weighted by molar-refractivity contribution is 7.99. The smallest absolute Gasteiger partial charge is 0.313 e. The van der Waals surface area contributed by atoms with Gasteiger partial charge in [-0.05, 0) is 19.3 Å². The Balaban J connectivity index is 2.52. The summed E-state index contributed by atoms with van der Waals surface area (Å²) < 4.78 is 6.75. The summed E-state index contributed by atoms with van der Waals surface area (Å²) in [5.74, 6) is -0.488. The average molecular weight is 289 g/mol. The zero-order valence-electron chi connectivity index (χ0n) is 10.9. The summed E-state index contributed by atoms with van der Waals surface area (Å²) in [6.07, 6.45) is 2.89. The molecule has 0 saturated carbocycles. The Kier molecular flexibility index (Phi) is 7.46. The lowest BCUT2D eigenvalue weighted by Gasteiger charge is -2.08. The first-order chi connectivity index (χ1) is 9.19. The van der Waals surface area contributed by atoms with Crippen molar-refractivity contribution in [1.82, 2.24) is 14.8 Å². The Morgan fingerprint density at radius 1 is 1.37 bits per heavy atom. The molecule has 7 nitrogen and oxygen atoms in total. The number of aliphatic hydroxyl groups is 1. The van der Waals surface area contributed by atoms with E-state index in [0.29, 0.717) is 17.5 Å². The van der Waals surface area contributed by atoms with E-state index < -0.39 is 5.97 Å².